The van der Waals surface area contributed by atoms with Crippen LogP contribution >= 0.6 is 0 Å². The van der Waals surface area contributed by atoms with Crippen LogP contribution in [-0.4, -0.2) is 31.5 Å². The molecule has 0 radical (unpaired) electrons. The van der Waals surface area contributed by atoms with E-state index in [1.54, 1.807) is 6.07 Å². The van der Waals surface area contributed by atoms with E-state index in [0.717, 1.165) is 18.5 Å². The van der Waals surface area contributed by atoms with Gasteiger partial charge in [-0.05, 0) is 31.9 Å². The summed E-state index contributed by atoms with van der Waals surface area (Å²) in [7, 11) is 0. The predicted octanol–water partition coefficient (Wildman–Crippen LogP) is 0.322. The summed E-state index contributed by atoms with van der Waals surface area (Å²) in [4.78, 5) is 16.3. The molecule has 0 atom stereocenters. The molecule has 0 spiro atoms. The normalized spacial score (nSPS) is 16.3. The molecule has 2 aromatic rings. The Labute approximate surface area is 103 Å². The molecule has 92 valence electrons. The second kappa shape index (κ2) is 3.86. The highest BCUT2D eigenvalue weighted by Crippen LogP contribution is 2.43. The Balaban J connectivity index is 1.80. The third kappa shape index (κ3) is 1.83. The lowest BCUT2D eigenvalue weighted by atomic mass is 10.2. The molecule has 0 unspecified atom stereocenters. The summed E-state index contributed by atoms with van der Waals surface area (Å²) in [5.74, 6) is 0.324. The second-order valence-corrected chi connectivity index (χ2v) is 4.44. The van der Waals surface area contributed by atoms with Crippen LogP contribution in [0.2, 0.25) is 0 Å². The van der Waals surface area contributed by atoms with Crippen molar-refractivity contribution in [3.05, 3.63) is 35.4 Å². The van der Waals surface area contributed by atoms with Gasteiger partial charge >= 0.3 is 0 Å². The zero-order valence-corrected chi connectivity index (χ0v) is 9.84. The summed E-state index contributed by atoms with van der Waals surface area (Å²) in [6.45, 7) is 1.85. The Bertz CT molecular complexity index is 575. The molecule has 0 saturated heterocycles. The molecule has 18 heavy (non-hydrogen) atoms. The first kappa shape index (κ1) is 10.8. The third-order valence-electron chi connectivity index (χ3n) is 3.00. The van der Waals surface area contributed by atoms with Crippen LogP contribution in [0.25, 0.3) is 0 Å². The minimum absolute atomic E-state index is 0.207. The average Bonchev–Trinajstić information content (AvgIpc) is 2.93. The fraction of sp³-hybridized carbons (Fsp3) is 0.364. The minimum Gasteiger partial charge on any atom is -0.338 e. The molecular weight excluding hydrogens is 232 g/mol. The number of carbonyl (C=O) groups is 1. The van der Waals surface area contributed by atoms with Gasteiger partial charge in [-0.15, -0.1) is 10.2 Å². The fourth-order valence-corrected chi connectivity index (χ4v) is 1.84. The Kier molecular flexibility index (Phi) is 2.32. The largest absolute Gasteiger partial charge is 0.338 e. The van der Waals surface area contributed by atoms with Gasteiger partial charge < -0.3 is 5.32 Å². The minimum atomic E-state index is -0.463. The van der Waals surface area contributed by atoms with Gasteiger partial charge in [0.15, 0.2) is 5.82 Å². The van der Waals surface area contributed by atoms with Crippen LogP contribution in [0.5, 0.6) is 0 Å². The van der Waals surface area contributed by atoms with E-state index in [0.29, 0.717) is 11.5 Å². The quantitative estimate of drug-likeness (QED) is 0.810. The van der Waals surface area contributed by atoms with Gasteiger partial charge in [0.05, 0.1) is 0 Å². The first-order chi connectivity index (χ1) is 8.70. The summed E-state index contributed by atoms with van der Waals surface area (Å²) >= 11 is 0. The first-order valence-corrected chi connectivity index (χ1v) is 5.70. The Morgan fingerprint density at radius 2 is 2.28 bits per heavy atom. The molecule has 0 aromatic carbocycles. The number of H-pyrrole nitrogens is 1. The van der Waals surface area contributed by atoms with E-state index < -0.39 is 5.54 Å². The molecule has 2 aromatic heterocycles. The highest BCUT2D eigenvalue weighted by molar-refractivity contribution is 5.93. The standard InChI is InChI=1S/C11H12N6O/c1-7-3-2-4-8(12-7)9(18)13-11(5-6-11)10-14-16-17-15-10/h2-4H,5-6H2,1H3,(H,13,18)(H,14,15,16,17). The maximum Gasteiger partial charge on any atom is 0.270 e. The number of hydrogen-bond donors (Lipinski definition) is 2. The number of amides is 1. The van der Waals surface area contributed by atoms with Crippen LogP contribution < -0.4 is 5.32 Å². The van der Waals surface area contributed by atoms with Crippen molar-refractivity contribution in [1.29, 1.82) is 0 Å². The maximum absolute atomic E-state index is 12.1. The molecule has 1 amide bonds. The van der Waals surface area contributed by atoms with E-state index in [9.17, 15) is 4.79 Å². The first-order valence-electron chi connectivity index (χ1n) is 5.70. The SMILES string of the molecule is Cc1cccc(C(=O)NC2(c3nn[nH]n3)CC2)n1. The predicted molar refractivity (Wildman–Crippen MR) is 61.5 cm³/mol. The van der Waals surface area contributed by atoms with Crippen molar-refractivity contribution in [3.8, 4) is 0 Å². The number of aromatic amines is 1. The van der Waals surface area contributed by atoms with E-state index in [1.807, 2.05) is 19.1 Å². The van der Waals surface area contributed by atoms with Crippen molar-refractivity contribution in [2.75, 3.05) is 0 Å². The number of nitrogens with zero attached hydrogens (tertiary/aromatic N) is 4. The summed E-state index contributed by atoms with van der Waals surface area (Å²) in [6, 6.07) is 5.35. The van der Waals surface area contributed by atoms with Crippen LogP contribution in [0.4, 0.5) is 0 Å². The summed E-state index contributed by atoms with van der Waals surface area (Å²) in [6.07, 6.45) is 1.65. The number of hydrogen-bond acceptors (Lipinski definition) is 5. The van der Waals surface area contributed by atoms with E-state index in [1.165, 1.54) is 0 Å². The lowest BCUT2D eigenvalue weighted by molar-refractivity contribution is 0.0923. The van der Waals surface area contributed by atoms with Gasteiger partial charge in [-0.2, -0.15) is 5.21 Å². The zero-order chi connectivity index (χ0) is 12.6. The van der Waals surface area contributed by atoms with E-state index in [2.05, 4.69) is 30.9 Å². The van der Waals surface area contributed by atoms with Crippen molar-refractivity contribution in [2.45, 2.75) is 25.3 Å². The van der Waals surface area contributed by atoms with Crippen molar-refractivity contribution < 1.29 is 4.79 Å². The fourth-order valence-electron chi connectivity index (χ4n) is 1.84. The molecule has 1 aliphatic carbocycles. The number of rotatable bonds is 3. The number of tetrazole rings is 1. The van der Waals surface area contributed by atoms with Gasteiger partial charge in [-0.3, -0.25) is 4.79 Å². The van der Waals surface area contributed by atoms with E-state index >= 15 is 0 Å². The van der Waals surface area contributed by atoms with Gasteiger partial charge in [0.1, 0.15) is 11.2 Å². The van der Waals surface area contributed by atoms with Gasteiger partial charge in [0.2, 0.25) is 0 Å². The van der Waals surface area contributed by atoms with Gasteiger partial charge in [0, 0.05) is 5.69 Å². The Morgan fingerprint density at radius 1 is 1.44 bits per heavy atom. The Morgan fingerprint density at radius 3 is 2.89 bits per heavy atom. The molecule has 7 nitrogen and oxygen atoms in total. The molecule has 1 aliphatic rings. The second-order valence-electron chi connectivity index (χ2n) is 4.44. The number of aryl methyl sites for hydroxylation is 1. The van der Waals surface area contributed by atoms with Crippen molar-refractivity contribution in [3.63, 3.8) is 0 Å². The monoisotopic (exact) mass is 244 g/mol. The van der Waals surface area contributed by atoms with Crippen LogP contribution in [0.1, 0.15) is 34.8 Å². The highest BCUT2D eigenvalue weighted by atomic mass is 16.2. The number of aromatic nitrogens is 5. The zero-order valence-electron chi connectivity index (χ0n) is 9.84. The smallest absolute Gasteiger partial charge is 0.270 e. The topological polar surface area (TPSA) is 96.5 Å². The molecule has 0 aliphatic heterocycles. The lowest BCUT2D eigenvalue weighted by Gasteiger charge is -2.12. The van der Waals surface area contributed by atoms with Crippen molar-refractivity contribution >= 4 is 5.91 Å². The molecule has 0 bridgehead atoms. The van der Waals surface area contributed by atoms with Crippen LogP contribution in [0.15, 0.2) is 18.2 Å². The highest BCUT2D eigenvalue weighted by Gasteiger charge is 2.49. The maximum atomic E-state index is 12.1. The summed E-state index contributed by atoms with van der Waals surface area (Å²) in [5, 5.41) is 16.7. The number of pyridine rings is 1. The lowest BCUT2D eigenvalue weighted by Crippen LogP contribution is -2.36. The van der Waals surface area contributed by atoms with Crippen molar-refractivity contribution in [2.24, 2.45) is 0 Å². The van der Waals surface area contributed by atoms with Gasteiger partial charge in [-0.25, -0.2) is 4.98 Å². The van der Waals surface area contributed by atoms with Crippen LogP contribution in [0.3, 0.4) is 0 Å². The number of nitrogens with one attached hydrogen (secondary N) is 2. The van der Waals surface area contributed by atoms with Crippen LogP contribution in [0, 0.1) is 6.92 Å². The molecule has 3 rings (SSSR count). The third-order valence-corrected chi connectivity index (χ3v) is 3.00. The molecule has 2 heterocycles. The average molecular weight is 244 g/mol. The van der Waals surface area contributed by atoms with Gasteiger partial charge in [0.25, 0.3) is 5.91 Å². The van der Waals surface area contributed by atoms with E-state index in [4.69, 9.17) is 0 Å². The number of carbonyl (C=O) groups excluding carboxylic acids is 1. The van der Waals surface area contributed by atoms with Crippen LogP contribution in [-0.2, 0) is 5.54 Å². The molecule has 1 fully saturated rings. The molecular formula is C11H12N6O. The van der Waals surface area contributed by atoms with Gasteiger partial charge in [-0.1, -0.05) is 11.3 Å². The van der Waals surface area contributed by atoms with Crippen molar-refractivity contribution in [1.82, 2.24) is 30.9 Å². The molecule has 7 heteroatoms. The Hall–Kier alpha value is -2.31. The summed E-state index contributed by atoms with van der Waals surface area (Å²) in [5.41, 5.74) is 0.756. The summed E-state index contributed by atoms with van der Waals surface area (Å²) < 4.78 is 0. The van der Waals surface area contributed by atoms with E-state index in [-0.39, 0.29) is 5.91 Å². The molecule has 2 N–H and O–H groups in total. The molecule has 1 saturated carbocycles.